The smallest absolute Gasteiger partial charge is 0.139 e. The first kappa shape index (κ1) is 8.50. The lowest BCUT2D eigenvalue weighted by atomic mass is 10.1. The number of hydrogen-bond acceptors (Lipinski definition) is 2. The molecule has 2 aromatic heterocycles. The zero-order valence-corrected chi connectivity index (χ0v) is 7.49. The summed E-state index contributed by atoms with van der Waals surface area (Å²) in [6.45, 7) is 0. The molecule has 2 aromatic rings. The molecule has 70 valence electrons. The number of rotatable bonds is 2. The van der Waals surface area contributed by atoms with Gasteiger partial charge in [0.1, 0.15) is 5.84 Å². The maximum Gasteiger partial charge on any atom is 0.139 e. The van der Waals surface area contributed by atoms with Gasteiger partial charge in [-0.25, -0.2) is 0 Å². The van der Waals surface area contributed by atoms with Gasteiger partial charge in [-0.1, -0.05) is 0 Å². The topological polar surface area (TPSA) is 78.6 Å². The molecule has 0 bridgehead atoms. The van der Waals surface area contributed by atoms with Crippen LogP contribution in [0.3, 0.4) is 0 Å². The minimum absolute atomic E-state index is 0.0466. The van der Waals surface area contributed by atoms with Crippen LogP contribution in [0.15, 0.2) is 36.8 Å². The Balaban J connectivity index is 2.39. The number of aromatic amines is 1. The van der Waals surface area contributed by atoms with Gasteiger partial charge in [0.05, 0.1) is 5.69 Å². The number of hydrogen-bond donors (Lipinski definition) is 3. The second-order valence-corrected chi connectivity index (χ2v) is 2.95. The van der Waals surface area contributed by atoms with Crippen LogP contribution in [0, 0.1) is 5.41 Å². The van der Waals surface area contributed by atoms with Crippen molar-refractivity contribution in [2.45, 2.75) is 0 Å². The summed E-state index contributed by atoms with van der Waals surface area (Å²) in [6.07, 6.45) is 5.29. The zero-order chi connectivity index (χ0) is 9.97. The molecule has 0 spiro atoms. The monoisotopic (exact) mass is 186 g/mol. The predicted molar refractivity (Wildman–Crippen MR) is 55.0 cm³/mol. The van der Waals surface area contributed by atoms with E-state index in [-0.39, 0.29) is 5.84 Å². The quantitative estimate of drug-likeness (QED) is 0.489. The highest BCUT2D eigenvalue weighted by Crippen LogP contribution is 2.18. The SMILES string of the molecule is N=C(N)c1cc(-c2ccncc2)c[nH]1. The Morgan fingerprint density at radius 1 is 1.29 bits per heavy atom. The van der Waals surface area contributed by atoms with Gasteiger partial charge in [0.25, 0.3) is 0 Å². The van der Waals surface area contributed by atoms with Crippen molar-refractivity contribution in [1.82, 2.24) is 9.97 Å². The highest BCUT2D eigenvalue weighted by molar-refractivity contribution is 5.94. The van der Waals surface area contributed by atoms with Crippen molar-refractivity contribution < 1.29 is 0 Å². The lowest BCUT2D eigenvalue weighted by Crippen LogP contribution is -2.10. The van der Waals surface area contributed by atoms with E-state index in [0.717, 1.165) is 11.1 Å². The second kappa shape index (κ2) is 3.33. The van der Waals surface area contributed by atoms with Gasteiger partial charge in [0, 0.05) is 18.6 Å². The molecule has 0 unspecified atom stereocenters. The van der Waals surface area contributed by atoms with Gasteiger partial charge < -0.3 is 10.7 Å². The number of aromatic nitrogens is 2. The number of nitrogens with zero attached hydrogens (tertiary/aromatic N) is 1. The number of H-pyrrole nitrogens is 1. The summed E-state index contributed by atoms with van der Waals surface area (Å²) in [5, 5.41) is 7.25. The second-order valence-electron chi connectivity index (χ2n) is 2.95. The van der Waals surface area contributed by atoms with E-state index in [1.54, 1.807) is 12.4 Å². The molecule has 0 aromatic carbocycles. The van der Waals surface area contributed by atoms with Crippen molar-refractivity contribution in [3.05, 3.63) is 42.5 Å². The van der Waals surface area contributed by atoms with Crippen LogP contribution in [0.4, 0.5) is 0 Å². The molecule has 0 aliphatic carbocycles. The number of nitrogens with two attached hydrogens (primary N) is 1. The van der Waals surface area contributed by atoms with Crippen molar-refractivity contribution >= 4 is 5.84 Å². The molecule has 14 heavy (non-hydrogen) atoms. The fourth-order valence-corrected chi connectivity index (χ4v) is 1.26. The molecule has 4 nitrogen and oxygen atoms in total. The first-order valence-electron chi connectivity index (χ1n) is 4.20. The summed E-state index contributed by atoms with van der Waals surface area (Å²) in [4.78, 5) is 6.87. The van der Waals surface area contributed by atoms with E-state index in [4.69, 9.17) is 11.1 Å². The molecule has 0 fully saturated rings. The van der Waals surface area contributed by atoms with Crippen molar-refractivity contribution in [2.75, 3.05) is 0 Å². The van der Waals surface area contributed by atoms with E-state index in [2.05, 4.69) is 9.97 Å². The first-order valence-corrected chi connectivity index (χ1v) is 4.20. The van der Waals surface area contributed by atoms with Crippen LogP contribution in [-0.2, 0) is 0 Å². The number of amidine groups is 1. The van der Waals surface area contributed by atoms with E-state index in [0.29, 0.717) is 5.69 Å². The summed E-state index contributed by atoms with van der Waals surface area (Å²) in [5.74, 6) is 0.0466. The molecular formula is C10H10N4. The molecule has 4 heteroatoms. The summed E-state index contributed by atoms with van der Waals surface area (Å²) < 4.78 is 0. The fraction of sp³-hybridized carbons (Fsp3) is 0. The minimum Gasteiger partial charge on any atom is -0.382 e. The Kier molecular flexibility index (Phi) is 2.02. The maximum absolute atomic E-state index is 7.25. The van der Waals surface area contributed by atoms with Gasteiger partial charge in [0.2, 0.25) is 0 Å². The minimum atomic E-state index is 0.0466. The van der Waals surface area contributed by atoms with E-state index >= 15 is 0 Å². The van der Waals surface area contributed by atoms with Crippen LogP contribution in [0.25, 0.3) is 11.1 Å². The molecule has 0 radical (unpaired) electrons. The molecule has 0 saturated heterocycles. The predicted octanol–water partition coefficient (Wildman–Crippen LogP) is 1.36. The molecular weight excluding hydrogens is 176 g/mol. The molecule has 4 N–H and O–H groups in total. The summed E-state index contributed by atoms with van der Waals surface area (Å²) in [7, 11) is 0. The van der Waals surface area contributed by atoms with Crippen molar-refractivity contribution in [3.8, 4) is 11.1 Å². The third-order valence-electron chi connectivity index (χ3n) is 1.99. The van der Waals surface area contributed by atoms with Gasteiger partial charge in [0.15, 0.2) is 0 Å². The Morgan fingerprint density at radius 2 is 2.00 bits per heavy atom. The largest absolute Gasteiger partial charge is 0.382 e. The van der Waals surface area contributed by atoms with Gasteiger partial charge >= 0.3 is 0 Å². The van der Waals surface area contributed by atoms with Gasteiger partial charge in [-0.05, 0) is 29.3 Å². The van der Waals surface area contributed by atoms with Crippen LogP contribution in [0.2, 0.25) is 0 Å². The molecule has 0 saturated carbocycles. The standard InChI is InChI=1S/C10H10N4/c11-10(12)9-5-8(6-14-9)7-1-3-13-4-2-7/h1-6,14H,(H3,11,12). The Bertz CT molecular complexity index is 444. The highest BCUT2D eigenvalue weighted by Gasteiger charge is 2.02. The summed E-state index contributed by atoms with van der Waals surface area (Å²) in [6, 6.07) is 5.66. The highest BCUT2D eigenvalue weighted by atomic mass is 14.8. The lowest BCUT2D eigenvalue weighted by Gasteiger charge is -1.94. The maximum atomic E-state index is 7.25. The van der Waals surface area contributed by atoms with Crippen LogP contribution in [0.1, 0.15) is 5.69 Å². The lowest BCUT2D eigenvalue weighted by molar-refractivity contribution is 1.31. The van der Waals surface area contributed by atoms with Crippen LogP contribution in [-0.4, -0.2) is 15.8 Å². The Morgan fingerprint density at radius 3 is 2.57 bits per heavy atom. The van der Waals surface area contributed by atoms with E-state index in [9.17, 15) is 0 Å². The summed E-state index contributed by atoms with van der Waals surface area (Å²) in [5.41, 5.74) is 8.05. The van der Waals surface area contributed by atoms with Crippen molar-refractivity contribution in [1.29, 1.82) is 5.41 Å². The van der Waals surface area contributed by atoms with Gasteiger partial charge in [-0.15, -0.1) is 0 Å². The molecule has 0 amide bonds. The zero-order valence-electron chi connectivity index (χ0n) is 7.49. The molecule has 0 aliphatic heterocycles. The van der Waals surface area contributed by atoms with Crippen molar-refractivity contribution in [2.24, 2.45) is 5.73 Å². The molecule has 0 atom stereocenters. The number of nitrogens with one attached hydrogen (secondary N) is 2. The van der Waals surface area contributed by atoms with Gasteiger partial charge in [-0.3, -0.25) is 10.4 Å². The Hall–Kier alpha value is -2.10. The van der Waals surface area contributed by atoms with Crippen LogP contribution in [0.5, 0.6) is 0 Å². The first-order chi connectivity index (χ1) is 6.77. The van der Waals surface area contributed by atoms with E-state index < -0.39 is 0 Å². The average Bonchev–Trinajstić information content (AvgIpc) is 2.68. The molecule has 0 aliphatic rings. The van der Waals surface area contributed by atoms with Crippen LogP contribution >= 0.6 is 0 Å². The average molecular weight is 186 g/mol. The Labute approximate surface area is 81.3 Å². The van der Waals surface area contributed by atoms with Crippen molar-refractivity contribution in [3.63, 3.8) is 0 Å². The van der Waals surface area contributed by atoms with E-state index in [1.165, 1.54) is 0 Å². The van der Waals surface area contributed by atoms with E-state index in [1.807, 2.05) is 24.4 Å². The number of pyridine rings is 1. The summed E-state index contributed by atoms with van der Waals surface area (Å²) >= 11 is 0. The van der Waals surface area contributed by atoms with Gasteiger partial charge in [-0.2, -0.15) is 0 Å². The molecule has 2 heterocycles. The third-order valence-corrected chi connectivity index (χ3v) is 1.99. The molecule has 2 rings (SSSR count). The number of nitrogen functional groups attached to an aromatic ring is 1. The third kappa shape index (κ3) is 1.50. The van der Waals surface area contributed by atoms with Crippen LogP contribution < -0.4 is 5.73 Å². The normalized spacial score (nSPS) is 10.0. The fourth-order valence-electron chi connectivity index (χ4n) is 1.26.